The van der Waals surface area contributed by atoms with Crippen molar-refractivity contribution in [1.82, 2.24) is 0 Å². The smallest absolute Gasteiger partial charge is 0.170 e. The van der Waals surface area contributed by atoms with Gasteiger partial charge in [0.05, 0.1) is 0 Å². The van der Waals surface area contributed by atoms with E-state index >= 15 is 0 Å². The second-order valence-electron chi connectivity index (χ2n) is 5.15. The van der Waals surface area contributed by atoms with Crippen LogP contribution in [0.5, 0.6) is 0 Å². The van der Waals surface area contributed by atoms with E-state index in [1.807, 2.05) is 60.7 Å². The Hall–Kier alpha value is -1.37. The first-order valence-electron chi connectivity index (χ1n) is 7.14. The first-order valence-corrected chi connectivity index (χ1v) is 8.92. The van der Waals surface area contributed by atoms with Crippen LogP contribution in [-0.2, 0) is 9.30 Å². The van der Waals surface area contributed by atoms with Crippen LogP contribution in [0.2, 0.25) is 0 Å². The van der Waals surface area contributed by atoms with Crippen LogP contribution in [0.3, 0.4) is 0 Å². The van der Waals surface area contributed by atoms with Crippen LogP contribution < -0.4 is 10.6 Å². The molecule has 0 N–H and O–H groups in total. The molecule has 0 bridgehead atoms. The molecule has 1 fully saturated rings. The predicted octanol–water partition coefficient (Wildman–Crippen LogP) is 3.53. The van der Waals surface area contributed by atoms with Crippen LogP contribution in [0.4, 0.5) is 0 Å². The zero-order valence-electron chi connectivity index (χ0n) is 11.4. The molecule has 2 aromatic rings. The first kappa shape index (κ1) is 13.6. The summed E-state index contributed by atoms with van der Waals surface area (Å²) in [6, 6.07) is 19.6. The van der Waals surface area contributed by atoms with Gasteiger partial charge in [0.15, 0.2) is 7.14 Å². The molecule has 0 spiro atoms. The molecule has 3 heteroatoms. The van der Waals surface area contributed by atoms with Crippen LogP contribution >= 0.6 is 7.14 Å². The van der Waals surface area contributed by atoms with E-state index in [0.717, 1.165) is 29.9 Å². The molecular weight excluding hydrogens is 267 g/mol. The Bertz CT molecular complexity index is 545. The summed E-state index contributed by atoms with van der Waals surface area (Å²) < 4.78 is 19.7. The minimum atomic E-state index is -2.72. The van der Waals surface area contributed by atoms with Gasteiger partial charge in [-0.2, -0.15) is 0 Å². The molecule has 1 atom stereocenters. The topological polar surface area (TPSA) is 26.3 Å². The summed E-state index contributed by atoms with van der Waals surface area (Å²) in [6.45, 7) is 0.717. The van der Waals surface area contributed by atoms with E-state index in [-0.39, 0.29) is 5.85 Å². The van der Waals surface area contributed by atoms with Crippen molar-refractivity contribution in [3.63, 3.8) is 0 Å². The molecule has 1 unspecified atom stereocenters. The molecule has 1 aliphatic heterocycles. The maximum Gasteiger partial charge on any atom is 0.170 e. The van der Waals surface area contributed by atoms with Gasteiger partial charge in [0, 0.05) is 17.2 Å². The molecule has 20 heavy (non-hydrogen) atoms. The lowest BCUT2D eigenvalue weighted by molar-refractivity contribution is 0.0664. The highest BCUT2D eigenvalue weighted by molar-refractivity contribution is 7.79. The Kier molecular flexibility index (Phi) is 4.05. The maximum absolute atomic E-state index is 13.8. The second kappa shape index (κ2) is 5.95. The maximum atomic E-state index is 13.8. The van der Waals surface area contributed by atoms with Crippen LogP contribution in [-0.4, -0.2) is 12.5 Å². The van der Waals surface area contributed by atoms with Gasteiger partial charge >= 0.3 is 0 Å². The van der Waals surface area contributed by atoms with Crippen LogP contribution in [0.1, 0.15) is 19.3 Å². The molecule has 0 aromatic heterocycles. The average Bonchev–Trinajstić information content (AvgIpc) is 2.56. The highest BCUT2D eigenvalue weighted by Gasteiger charge is 2.38. The fourth-order valence-corrected chi connectivity index (χ4v) is 5.85. The van der Waals surface area contributed by atoms with Crippen molar-refractivity contribution in [3.8, 4) is 0 Å². The molecule has 0 amide bonds. The largest absolute Gasteiger partial charge is 0.370 e. The van der Waals surface area contributed by atoms with Crippen molar-refractivity contribution in [2.45, 2.75) is 25.1 Å². The van der Waals surface area contributed by atoms with Crippen molar-refractivity contribution in [3.05, 3.63) is 60.7 Å². The zero-order chi connectivity index (χ0) is 13.8. The fourth-order valence-electron chi connectivity index (χ4n) is 2.79. The van der Waals surface area contributed by atoms with Gasteiger partial charge in [0.25, 0.3) is 0 Å². The Balaban J connectivity index is 2.10. The Morgan fingerprint density at radius 2 is 1.40 bits per heavy atom. The quantitative estimate of drug-likeness (QED) is 0.807. The van der Waals surface area contributed by atoms with E-state index in [1.165, 1.54) is 0 Å². The molecule has 104 valence electrons. The molecule has 1 saturated heterocycles. The number of benzene rings is 2. The molecule has 0 saturated carbocycles. The standard InChI is InChI=1S/C17H19O2P/c18-20(15-9-3-1-4-10-15,16-11-5-2-6-12-16)17-13-7-8-14-19-17/h1-6,9-12,17H,7-8,13-14H2. The summed E-state index contributed by atoms with van der Waals surface area (Å²) >= 11 is 0. The van der Waals surface area contributed by atoms with Gasteiger partial charge in [-0.1, -0.05) is 60.7 Å². The lowest BCUT2D eigenvalue weighted by Crippen LogP contribution is -2.30. The minimum Gasteiger partial charge on any atom is -0.370 e. The number of rotatable bonds is 3. The lowest BCUT2D eigenvalue weighted by Gasteiger charge is -2.31. The lowest BCUT2D eigenvalue weighted by atomic mass is 10.2. The molecule has 1 heterocycles. The van der Waals surface area contributed by atoms with Crippen LogP contribution in [0.25, 0.3) is 0 Å². The summed E-state index contributed by atoms with van der Waals surface area (Å²) in [6.07, 6.45) is 3.04. The SMILES string of the molecule is O=P(c1ccccc1)(c1ccccc1)C1CCCCO1. The number of hydrogen-bond donors (Lipinski definition) is 0. The van der Waals surface area contributed by atoms with E-state index in [0.29, 0.717) is 6.61 Å². The monoisotopic (exact) mass is 286 g/mol. The fraction of sp³-hybridized carbons (Fsp3) is 0.294. The van der Waals surface area contributed by atoms with Gasteiger partial charge < -0.3 is 9.30 Å². The van der Waals surface area contributed by atoms with Crippen molar-refractivity contribution in [1.29, 1.82) is 0 Å². The third-order valence-electron chi connectivity index (χ3n) is 3.84. The van der Waals surface area contributed by atoms with Gasteiger partial charge in [0.1, 0.15) is 5.85 Å². The minimum absolute atomic E-state index is 0.180. The van der Waals surface area contributed by atoms with Crippen molar-refractivity contribution in [2.24, 2.45) is 0 Å². The number of ether oxygens (including phenoxy) is 1. The molecule has 0 aliphatic carbocycles. The normalized spacial score (nSPS) is 19.7. The number of hydrogen-bond acceptors (Lipinski definition) is 2. The van der Waals surface area contributed by atoms with Gasteiger partial charge in [-0.25, -0.2) is 0 Å². The van der Waals surface area contributed by atoms with Gasteiger partial charge in [0.2, 0.25) is 0 Å². The molecule has 2 nitrogen and oxygen atoms in total. The molecule has 3 rings (SSSR count). The van der Waals surface area contributed by atoms with Crippen LogP contribution in [0.15, 0.2) is 60.7 Å². The van der Waals surface area contributed by atoms with Gasteiger partial charge in [-0.05, 0) is 19.3 Å². The third kappa shape index (κ3) is 2.46. The van der Waals surface area contributed by atoms with E-state index < -0.39 is 7.14 Å². The Morgan fingerprint density at radius 1 is 0.850 bits per heavy atom. The molecule has 2 aromatic carbocycles. The zero-order valence-corrected chi connectivity index (χ0v) is 12.3. The van der Waals surface area contributed by atoms with Crippen molar-refractivity contribution in [2.75, 3.05) is 6.61 Å². The molecule has 0 radical (unpaired) electrons. The predicted molar refractivity (Wildman–Crippen MR) is 83.3 cm³/mol. The van der Waals surface area contributed by atoms with Gasteiger partial charge in [-0.15, -0.1) is 0 Å². The highest BCUT2D eigenvalue weighted by atomic mass is 31.2. The molecular formula is C17H19O2P. The summed E-state index contributed by atoms with van der Waals surface area (Å²) in [5.41, 5.74) is 0. The van der Waals surface area contributed by atoms with E-state index in [9.17, 15) is 4.57 Å². The molecule has 1 aliphatic rings. The Labute approximate surface area is 120 Å². The summed E-state index contributed by atoms with van der Waals surface area (Å²) in [4.78, 5) is 0. The van der Waals surface area contributed by atoms with E-state index in [1.54, 1.807) is 0 Å². The Morgan fingerprint density at radius 3 is 1.85 bits per heavy atom. The van der Waals surface area contributed by atoms with E-state index in [2.05, 4.69) is 0 Å². The summed E-state index contributed by atoms with van der Waals surface area (Å²) in [5.74, 6) is -0.180. The third-order valence-corrected chi connectivity index (χ3v) is 7.19. The van der Waals surface area contributed by atoms with Crippen molar-refractivity contribution < 1.29 is 9.30 Å². The van der Waals surface area contributed by atoms with Crippen LogP contribution in [0, 0.1) is 0 Å². The van der Waals surface area contributed by atoms with Crippen molar-refractivity contribution >= 4 is 17.8 Å². The van der Waals surface area contributed by atoms with Gasteiger partial charge in [-0.3, -0.25) is 0 Å². The first-order chi connectivity index (χ1) is 9.82. The summed E-state index contributed by atoms with van der Waals surface area (Å²) in [7, 11) is -2.72. The highest BCUT2D eigenvalue weighted by Crippen LogP contribution is 2.51. The van der Waals surface area contributed by atoms with E-state index in [4.69, 9.17) is 4.74 Å². The summed E-state index contributed by atoms with van der Waals surface area (Å²) in [5, 5.41) is 1.80. The average molecular weight is 286 g/mol. The second-order valence-corrected chi connectivity index (χ2v) is 8.08.